The fraction of sp³-hybridized carbons (Fsp3) is 0.684. The SMILES string of the molecule is CC(C)[C@H](N)C(=O)OCC1O[C@@H](n2c(=O)sc3c(N4CCCC4)nc(N)nc32)[C@H](O)[C@@H]1O. The van der Waals surface area contributed by atoms with E-state index in [4.69, 9.17) is 20.9 Å². The number of nitrogen functional groups attached to an aromatic ring is 1. The molecule has 32 heavy (non-hydrogen) atoms. The Bertz CT molecular complexity index is 1050. The van der Waals surface area contributed by atoms with Gasteiger partial charge in [0.2, 0.25) is 5.95 Å². The van der Waals surface area contributed by atoms with Crippen molar-refractivity contribution in [1.82, 2.24) is 14.5 Å². The van der Waals surface area contributed by atoms with E-state index in [0.29, 0.717) is 10.5 Å². The first kappa shape index (κ1) is 22.9. The van der Waals surface area contributed by atoms with Gasteiger partial charge in [-0.2, -0.15) is 9.97 Å². The molecule has 6 N–H and O–H groups in total. The van der Waals surface area contributed by atoms with Gasteiger partial charge in [0, 0.05) is 13.1 Å². The van der Waals surface area contributed by atoms with Crippen molar-refractivity contribution in [2.75, 3.05) is 30.3 Å². The maximum Gasteiger partial charge on any atom is 0.323 e. The van der Waals surface area contributed by atoms with Crippen molar-refractivity contribution in [3.8, 4) is 0 Å². The van der Waals surface area contributed by atoms with Gasteiger partial charge in [0.1, 0.15) is 35.7 Å². The molecule has 2 aliphatic heterocycles. The summed E-state index contributed by atoms with van der Waals surface area (Å²) in [5.41, 5.74) is 11.9. The average molecular weight is 469 g/mol. The van der Waals surface area contributed by atoms with Gasteiger partial charge in [-0.1, -0.05) is 25.2 Å². The van der Waals surface area contributed by atoms with E-state index in [1.165, 1.54) is 4.57 Å². The zero-order valence-electron chi connectivity index (χ0n) is 17.9. The quantitative estimate of drug-likeness (QED) is 0.389. The highest BCUT2D eigenvalue weighted by Crippen LogP contribution is 2.35. The first-order chi connectivity index (χ1) is 15.2. The van der Waals surface area contributed by atoms with Crippen molar-refractivity contribution < 1.29 is 24.5 Å². The first-order valence-electron chi connectivity index (χ1n) is 10.6. The second kappa shape index (κ2) is 8.90. The standard InChI is InChI=1S/C19H28N6O6S/c1-8(2)10(20)17(28)30-7-9-11(26)12(27)16(31-9)25-15-13(32-19(25)29)14(22-18(21)23-15)24-5-3-4-6-24/h8-12,16,26-27H,3-7,20H2,1-2H3,(H2,21,22,23)/t9?,10-,11+,12+,16+/m0/s1. The van der Waals surface area contributed by atoms with E-state index in [1.807, 2.05) is 4.90 Å². The van der Waals surface area contributed by atoms with E-state index in [0.717, 1.165) is 37.3 Å². The molecule has 0 aromatic carbocycles. The van der Waals surface area contributed by atoms with E-state index in [1.54, 1.807) is 13.8 Å². The minimum Gasteiger partial charge on any atom is -0.462 e. The topological polar surface area (TPSA) is 179 Å². The van der Waals surface area contributed by atoms with Crippen molar-refractivity contribution in [2.45, 2.75) is 57.3 Å². The second-order valence-electron chi connectivity index (χ2n) is 8.44. The number of nitrogens with zero attached hydrogens (tertiary/aromatic N) is 4. The first-order valence-corrected chi connectivity index (χ1v) is 11.4. The van der Waals surface area contributed by atoms with Gasteiger partial charge in [-0.05, 0) is 18.8 Å². The van der Waals surface area contributed by atoms with Crippen molar-refractivity contribution in [2.24, 2.45) is 11.7 Å². The lowest BCUT2D eigenvalue weighted by Gasteiger charge is -2.19. The van der Waals surface area contributed by atoms with Crippen LogP contribution >= 0.6 is 11.3 Å². The fourth-order valence-corrected chi connectivity index (χ4v) is 4.87. The monoisotopic (exact) mass is 468 g/mol. The van der Waals surface area contributed by atoms with Gasteiger partial charge < -0.3 is 36.1 Å². The van der Waals surface area contributed by atoms with Gasteiger partial charge in [-0.25, -0.2) is 0 Å². The summed E-state index contributed by atoms with van der Waals surface area (Å²) >= 11 is 0.928. The molecule has 1 unspecified atom stereocenters. The molecular formula is C19H28N6O6S. The van der Waals surface area contributed by atoms with Crippen LogP contribution in [0.4, 0.5) is 11.8 Å². The number of aliphatic hydroxyl groups is 2. The number of aromatic nitrogens is 3. The lowest BCUT2D eigenvalue weighted by Crippen LogP contribution is -2.40. The second-order valence-corrected chi connectivity index (χ2v) is 9.40. The maximum absolute atomic E-state index is 12.9. The number of fused-ring (bicyclic) bond motifs is 1. The Morgan fingerprint density at radius 3 is 2.62 bits per heavy atom. The number of thiazole rings is 1. The van der Waals surface area contributed by atoms with Crippen LogP contribution in [0.25, 0.3) is 10.3 Å². The smallest absolute Gasteiger partial charge is 0.323 e. The molecule has 2 fully saturated rings. The van der Waals surface area contributed by atoms with Crippen LogP contribution in [-0.2, 0) is 14.3 Å². The third-order valence-corrected chi connectivity index (χ3v) is 6.78. The van der Waals surface area contributed by atoms with Crippen molar-refractivity contribution in [3.63, 3.8) is 0 Å². The summed E-state index contributed by atoms with van der Waals surface area (Å²) in [5.74, 6) is -0.192. The predicted octanol–water partition coefficient (Wildman–Crippen LogP) is -0.819. The van der Waals surface area contributed by atoms with Crippen LogP contribution in [0.5, 0.6) is 0 Å². The van der Waals surface area contributed by atoms with Crippen LogP contribution in [0, 0.1) is 5.92 Å². The van der Waals surface area contributed by atoms with Crippen LogP contribution in [0.3, 0.4) is 0 Å². The molecule has 0 amide bonds. The van der Waals surface area contributed by atoms with Gasteiger partial charge in [-0.3, -0.25) is 14.2 Å². The average Bonchev–Trinajstić information content (AvgIpc) is 3.45. The molecule has 0 bridgehead atoms. The lowest BCUT2D eigenvalue weighted by atomic mass is 10.1. The van der Waals surface area contributed by atoms with Crippen LogP contribution in [0.2, 0.25) is 0 Å². The summed E-state index contributed by atoms with van der Waals surface area (Å²) < 4.78 is 12.6. The van der Waals surface area contributed by atoms with Gasteiger partial charge in [0.05, 0.1) is 0 Å². The molecule has 2 aromatic rings. The Labute approximate surface area is 187 Å². The van der Waals surface area contributed by atoms with Crippen molar-refractivity contribution in [1.29, 1.82) is 0 Å². The molecule has 2 aliphatic rings. The number of ether oxygens (including phenoxy) is 2. The molecule has 2 aromatic heterocycles. The fourth-order valence-electron chi connectivity index (χ4n) is 3.90. The van der Waals surface area contributed by atoms with Gasteiger partial charge in [0.15, 0.2) is 17.7 Å². The van der Waals surface area contributed by atoms with E-state index in [9.17, 15) is 19.8 Å². The molecule has 13 heteroatoms. The Hall–Kier alpha value is -2.32. The summed E-state index contributed by atoms with van der Waals surface area (Å²) in [6.45, 7) is 4.84. The minimum absolute atomic E-state index is 0.00728. The number of nitrogens with two attached hydrogens (primary N) is 2. The Kier molecular flexibility index (Phi) is 6.36. The largest absolute Gasteiger partial charge is 0.462 e. The summed E-state index contributed by atoms with van der Waals surface area (Å²) in [7, 11) is 0. The molecule has 4 rings (SSSR count). The Morgan fingerprint density at radius 1 is 1.28 bits per heavy atom. The van der Waals surface area contributed by atoms with Gasteiger partial charge in [0.25, 0.3) is 0 Å². The summed E-state index contributed by atoms with van der Waals surface area (Å²) in [5, 5.41) is 21.1. The van der Waals surface area contributed by atoms with E-state index in [-0.39, 0.29) is 24.1 Å². The lowest BCUT2D eigenvalue weighted by molar-refractivity contribution is -0.152. The highest BCUT2D eigenvalue weighted by Gasteiger charge is 2.46. The van der Waals surface area contributed by atoms with Crippen LogP contribution in [0.1, 0.15) is 32.9 Å². The minimum atomic E-state index is -1.44. The van der Waals surface area contributed by atoms with Gasteiger partial charge in [-0.15, -0.1) is 0 Å². The van der Waals surface area contributed by atoms with Crippen LogP contribution < -0.4 is 21.2 Å². The maximum atomic E-state index is 12.9. The van der Waals surface area contributed by atoms with E-state index >= 15 is 0 Å². The van der Waals surface area contributed by atoms with Crippen LogP contribution in [-0.4, -0.2) is 74.8 Å². The number of rotatable bonds is 6. The third kappa shape index (κ3) is 4.06. The van der Waals surface area contributed by atoms with E-state index < -0.39 is 41.4 Å². The molecule has 0 saturated carbocycles. The Balaban J connectivity index is 1.61. The molecule has 4 heterocycles. The molecule has 0 radical (unpaired) electrons. The highest BCUT2D eigenvalue weighted by molar-refractivity contribution is 7.17. The third-order valence-electron chi connectivity index (χ3n) is 5.84. The molecule has 12 nitrogen and oxygen atoms in total. The molecule has 5 atom stereocenters. The normalized spacial score (nSPS) is 26.9. The van der Waals surface area contributed by atoms with Crippen molar-refractivity contribution in [3.05, 3.63) is 9.67 Å². The van der Waals surface area contributed by atoms with Crippen LogP contribution in [0.15, 0.2) is 4.79 Å². The predicted molar refractivity (Wildman–Crippen MR) is 117 cm³/mol. The molecule has 2 saturated heterocycles. The summed E-state index contributed by atoms with van der Waals surface area (Å²) in [4.78, 5) is 35.1. The molecule has 0 aliphatic carbocycles. The van der Waals surface area contributed by atoms with Crippen molar-refractivity contribution >= 4 is 39.4 Å². The molecule has 176 valence electrons. The molecular weight excluding hydrogens is 440 g/mol. The number of hydrogen-bond acceptors (Lipinski definition) is 12. The molecule has 0 spiro atoms. The zero-order chi connectivity index (χ0) is 23.2. The number of carbonyl (C=O) groups is 1. The zero-order valence-corrected chi connectivity index (χ0v) is 18.7. The summed E-state index contributed by atoms with van der Waals surface area (Å²) in [6.07, 6.45) is -3.08. The van der Waals surface area contributed by atoms with Gasteiger partial charge >= 0.3 is 10.8 Å². The number of anilines is 2. The Morgan fingerprint density at radius 2 is 1.97 bits per heavy atom. The number of hydrogen-bond donors (Lipinski definition) is 4. The number of aliphatic hydroxyl groups excluding tert-OH is 2. The number of esters is 1. The number of carbonyl (C=O) groups excluding carboxylic acids is 1. The highest BCUT2D eigenvalue weighted by atomic mass is 32.1. The van der Waals surface area contributed by atoms with E-state index in [2.05, 4.69) is 9.97 Å². The summed E-state index contributed by atoms with van der Waals surface area (Å²) in [6, 6.07) is -0.818.